The zero-order chi connectivity index (χ0) is 13.1. The molecule has 1 saturated carbocycles. The molecule has 0 aromatic rings. The Labute approximate surface area is 106 Å². The molecule has 1 rings (SSSR count). The van der Waals surface area contributed by atoms with E-state index in [1.165, 1.54) is 7.05 Å². The molecule has 1 aliphatic carbocycles. The minimum Gasteiger partial charge on any atom is -0.301 e. The van der Waals surface area contributed by atoms with E-state index >= 15 is 0 Å². The van der Waals surface area contributed by atoms with E-state index in [-0.39, 0.29) is 0 Å². The SMILES string of the molecule is CNS(=O)(=O)C[C@H]1CC[C@H](N(C)C(C)C)CC1. The number of nitrogens with zero attached hydrogens (tertiary/aromatic N) is 1. The molecule has 1 fully saturated rings. The van der Waals surface area contributed by atoms with E-state index in [1.807, 2.05) is 0 Å². The number of nitrogens with one attached hydrogen (secondary N) is 1. The Kier molecular flexibility index (Phi) is 5.41. The van der Waals surface area contributed by atoms with Gasteiger partial charge in [-0.1, -0.05) is 0 Å². The Balaban J connectivity index is 2.41. The summed E-state index contributed by atoms with van der Waals surface area (Å²) in [5.41, 5.74) is 0. The van der Waals surface area contributed by atoms with E-state index in [4.69, 9.17) is 0 Å². The van der Waals surface area contributed by atoms with Gasteiger partial charge in [-0.15, -0.1) is 0 Å². The van der Waals surface area contributed by atoms with Crippen LogP contribution in [0.4, 0.5) is 0 Å². The van der Waals surface area contributed by atoms with Crippen molar-refractivity contribution < 1.29 is 8.42 Å². The van der Waals surface area contributed by atoms with E-state index in [9.17, 15) is 8.42 Å². The van der Waals surface area contributed by atoms with Gasteiger partial charge in [0.2, 0.25) is 10.0 Å². The van der Waals surface area contributed by atoms with Crippen molar-refractivity contribution in [2.75, 3.05) is 19.8 Å². The van der Waals surface area contributed by atoms with Gasteiger partial charge in [-0.3, -0.25) is 0 Å². The van der Waals surface area contributed by atoms with Gasteiger partial charge in [0.15, 0.2) is 0 Å². The van der Waals surface area contributed by atoms with Crippen LogP contribution in [-0.4, -0.2) is 45.2 Å². The number of hydrogen-bond acceptors (Lipinski definition) is 3. The second-order valence-corrected chi connectivity index (χ2v) is 7.39. The summed E-state index contributed by atoms with van der Waals surface area (Å²) < 4.78 is 25.3. The summed E-state index contributed by atoms with van der Waals surface area (Å²) >= 11 is 0. The van der Waals surface area contributed by atoms with Crippen molar-refractivity contribution in [1.29, 1.82) is 0 Å². The van der Waals surface area contributed by atoms with Gasteiger partial charge in [0.05, 0.1) is 5.75 Å². The molecule has 0 amide bonds. The first kappa shape index (κ1) is 14.9. The van der Waals surface area contributed by atoms with E-state index in [0.29, 0.717) is 23.8 Å². The average molecular weight is 262 g/mol. The van der Waals surface area contributed by atoms with Gasteiger partial charge >= 0.3 is 0 Å². The maximum Gasteiger partial charge on any atom is 0.211 e. The maximum atomic E-state index is 11.5. The summed E-state index contributed by atoms with van der Waals surface area (Å²) in [6.07, 6.45) is 4.31. The Morgan fingerprint density at radius 3 is 2.18 bits per heavy atom. The fourth-order valence-electron chi connectivity index (χ4n) is 2.53. The number of sulfonamides is 1. The van der Waals surface area contributed by atoms with Crippen LogP contribution in [0.2, 0.25) is 0 Å². The lowest BCUT2D eigenvalue weighted by Gasteiger charge is -2.36. The third kappa shape index (κ3) is 4.56. The minimum absolute atomic E-state index is 0.293. The smallest absolute Gasteiger partial charge is 0.211 e. The van der Waals surface area contributed by atoms with Crippen molar-refractivity contribution in [2.45, 2.75) is 51.6 Å². The molecule has 0 aromatic carbocycles. The highest BCUT2D eigenvalue weighted by Crippen LogP contribution is 2.28. The molecule has 0 aliphatic heterocycles. The Bertz CT molecular complexity index is 319. The second-order valence-electron chi connectivity index (χ2n) is 5.42. The van der Waals surface area contributed by atoms with Gasteiger partial charge in [-0.05, 0) is 59.5 Å². The summed E-state index contributed by atoms with van der Waals surface area (Å²) in [5.74, 6) is 0.631. The summed E-state index contributed by atoms with van der Waals surface area (Å²) in [5, 5.41) is 0. The van der Waals surface area contributed by atoms with Gasteiger partial charge in [0.25, 0.3) is 0 Å². The molecule has 0 bridgehead atoms. The van der Waals surface area contributed by atoms with Crippen LogP contribution in [0.3, 0.4) is 0 Å². The molecule has 102 valence electrons. The minimum atomic E-state index is -3.04. The molecule has 0 atom stereocenters. The zero-order valence-corrected chi connectivity index (χ0v) is 12.3. The van der Waals surface area contributed by atoms with E-state index in [1.54, 1.807) is 0 Å². The number of hydrogen-bond donors (Lipinski definition) is 1. The van der Waals surface area contributed by atoms with Crippen LogP contribution in [0.5, 0.6) is 0 Å². The first-order valence-corrected chi connectivity index (χ1v) is 8.14. The zero-order valence-electron chi connectivity index (χ0n) is 11.4. The summed E-state index contributed by atoms with van der Waals surface area (Å²) in [6, 6.07) is 1.20. The molecule has 1 aliphatic rings. The Morgan fingerprint density at radius 1 is 1.24 bits per heavy atom. The standard InChI is InChI=1S/C12H26N2O2S/c1-10(2)14(4)12-7-5-11(6-8-12)9-17(15,16)13-3/h10-13H,5-9H2,1-4H3/t11-,12-. The lowest BCUT2D eigenvalue weighted by atomic mass is 9.86. The first-order chi connectivity index (χ1) is 7.85. The van der Waals surface area contributed by atoms with Gasteiger partial charge in [-0.25, -0.2) is 13.1 Å². The van der Waals surface area contributed by atoms with Crippen molar-refractivity contribution in [2.24, 2.45) is 5.92 Å². The van der Waals surface area contributed by atoms with E-state index < -0.39 is 10.0 Å². The lowest BCUT2D eigenvalue weighted by Crippen LogP contribution is -2.40. The highest BCUT2D eigenvalue weighted by atomic mass is 32.2. The van der Waals surface area contributed by atoms with Crippen molar-refractivity contribution in [3.8, 4) is 0 Å². The molecular weight excluding hydrogens is 236 g/mol. The molecule has 0 radical (unpaired) electrons. The quantitative estimate of drug-likeness (QED) is 0.815. The monoisotopic (exact) mass is 262 g/mol. The van der Waals surface area contributed by atoms with Crippen LogP contribution in [-0.2, 0) is 10.0 Å². The van der Waals surface area contributed by atoms with Crippen LogP contribution in [0.15, 0.2) is 0 Å². The third-order valence-electron chi connectivity index (χ3n) is 3.97. The molecule has 4 nitrogen and oxygen atoms in total. The summed E-state index contributed by atoms with van der Waals surface area (Å²) in [6.45, 7) is 4.41. The average Bonchev–Trinajstić information content (AvgIpc) is 2.28. The third-order valence-corrected chi connectivity index (χ3v) is 5.51. The predicted octanol–water partition coefficient (Wildman–Crippen LogP) is 1.43. The molecule has 0 aromatic heterocycles. The fourth-order valence-corrected chi connectivity index (χ4v) is 3.65. The van der Waals surface area contributed by atoms with Gasteiger partial charge < -0.3 is 4.90 Å². The molecule has 0 heterocycles. The molecule has 0 saturated heterocycles. The summed E-state index contributed by atoms with van der Waals surface area (Å²) in [7, 11) is 0.623. The molecule has 5 heteroatoms. The van der Waals surface area contributed by atoms with Crippen LogP contribution in [0.1, 0.15) is 39.5 Å². The highest BCUT2D eigenvalue weighted by Gasteiger charge is 2.27. The van der Waals surface area contributed by atoms with Crippen molar-refractivity contribution in [3.05, 3.63) is 0 Å². The van der Waals surface area contributed by atoms with Gasteiger partial charge in [0, 0.05) is 12.1 Å². The first-order valence-electron chi connectivity index (χ1n) is 6.49. The largest absolute Gasteiger partial charge is 0.301 e. The maximum absolute atomic E-state index is 11.5. The van der Waals surface area contributed by atoms with Crippen LogP contribution in [0, 0.1) is 5.92 Å². The van der Waals surface area contributed by atoms with Crippen molar-refractivity contribution in [1.82, 2.24) is 9.62 Å². The van der Waals surface area contributed by atoms with Crippen LogP contribution < -0.4 is 4.72 Å². The molecule has 17 heavy (non-hydrogen) atoms. The van der Waals surface area contributed by atoms with Gasteiger partial charge in [-0.2, -0.15) is 0 Å². The predicted molar refractivity (Wildman–Crippen MR) is 71.5 cm³/mol. The number of rotatable bonds is 5. The lowest BCUT2D eigenvalue weighted by molar-refractivity contribution is 0.139. The molecule has 0 unspecified atom stereocenters. The highest BCUT2D eigenvalue weighted by molar-refractivity contribution is 7.89. The molecule has 1 N–H and O–H groups in total. The topological polar surface area (TPSA) is 49.4 Å². The Morgan fingerprint density at radius 2 is 1.76 bits per heavy atom. The molecular formula is C12H26N2O2S. The van der Waals surface area contributed by atoms with E-state index in [0.717, 1.165) is 25.7 Å². The fraction of sp³-hybridized carbons (Fsp3) is 1.00. The van der Waals surface area contributed by atoms with E-state index in [2.05, 4.69) is 30.5 Å². The van der Waals surface area contributed by atoms with Crippen molar-refractivity contribution in [3.63, 3.8) is 0 Å². The van der Waals surface area contributed by atoms with Gasteiger partial charge in [0.1, 0.15) is 0 Å². The Hall–Kier alpha value is -0.130. The van der Waals surface area contributed by atoms with Crippen LogP contribution in [0.25, 0.3) is 0 Å². The second kappa shape index (κ2) is 6.16. The van der Waals surface area contributed by atoms with Crippen molar-refractivity contribution >= 4 is 10.0 Å². The summed E-state index contributed by atoms with van der Waals surface area (Å²) in [4.78, 5) is 2.41. The molecule has 0 spiro atoms. The van der Waals surface area contributed by atoms with Crippen LogP contribution >= 0.6 is 0 Å². The normalized spacial score (nSPS) is 26.7.